The summed E-state index contributed by atoms with van der Waals surface area (Å²) in [7, 11) is 0. The number of ether oxygens (including phenoxy) is 1. The van der Waals surface area contributed by atoms with E-state index in [1.165, 1.54) is 6.08 Å². The zero-order valence-electron chi connectivity index (χ0n) is 12.2. The quantitative estimate of drug-likeness (QED) is 0.692. The van der Waals surface area contributed by atoms with E-state index in [1.54, 1.807) is 35.7 Å². The summed E-state index contributed by atoms with van der Waals surface area (Å²) in [5, 5.41) is 2.69. The molecule has 2 aromatic rings. The Hall–Kier alpha value is -2.63. The Balaban J connectivity index is 2.48. The molecule has 2 heterocycles. The van der Waals surface area contributed by atoms with Crippen LogP contribution in [0.5, 0.6) is 0 Å². The monoisotopic (exact) mass is 287 g/mol. The fourth-order valence-corrected chi connectivity index (χ4v) is 1.87. The molecule has 0 atom stereocenters. The third kappa shape index (κ3) is 3.28. The molecule has 1 N–H and O–H groups in total. The van der Waals surface area contributed by atoms with E-state index in [0.717, 1.165) is 5.57 Å². The number of imidazole rings is 1. The van der Waals surface area contributed by atoms with Crippen LogP contribution in [-0.2, 0) is 9.53 Å². The van der Waals surface area contributed by atoms with Crippen molar-refractivity contribution in [3.8, 4) is 0 Å². The fraction of sp³-hybridized carbons (Fsp3) is 0.267. The molecule has 0 spiro atoms. The standard InChI is InChI=1S/C15H17N3O3/c1-4-21-15(20)13-14(17-12(19)9-10(2)3)18-8-6-5-7-11(18)16-13/h5-9H,4H2,1-3H3,(H,17,19). The highest BCUT2D eigenvalue weighted by Crippen LogP contribution is 2.19. The number of esters is 1. The summed E-state index contributed by atoms with van der Waals surface area (Å²) < 4.78 is 6.62. The SMILES string of the molecule is CCOC(=O)c1nc2ccccn2c1NC(=O)C=C(C)C. The van der Waals surface area contributed by atoms with Gasteiger partial charge in [0.05, 0.1) is 6.61 Å². The molecule has 0 aromatic carbocycles. The number of anilines is 1. The summed E-state index contributed by atoms with van der Waals surface area (Å²) in [5.41, 5.74) is 1.52. The Morgan fingerprint density at radius 2 is 2.14 bits per heavy atom. The van der Waals surface area contributed by atoms with E-state index in [0.29, 0.717) is 11.5 Å². The topological polar surface area (TPSA) is 72.7 Å². The van der Waals surface area contributed by atoms with Gasteiger partial charge in [0.2, 0.25) is 5.91 Å². The lowest BCUT2D eigenvalue weighted by Crippen LogP contribution is -2.15. The average molecular weight is 287 g/mol. The normalized spacial score (nSPS) is 10.2. The van der Waals surface area contributed by atoms with Crippen LogP contribution in [0, 0.1) is 0 Å². The van der Waals surface area contributed by atoms with Gasteiger partial charge in [0.25, 0.3) is 0 Å². The highest BCUT2D eigenvalue weighted by Gasteiger charge is 2.21. The Morgan fingerprint density at radius 3 is 2.81 bits per heavy atom. The lowest BCUT2D eigenvalue weighted by atomic mass is 10.3. The Labute approximate surface area is 122 Å². The third-order valence-corrected chi connectivity index (χ3v) is 2.66. The molecule has 6 nitrogen and oxygen atoms in total. The predicted octanol–water partition coefficient (Wildman–Crippen LogP) is 2.42. The van der Waals surface area contributed by atoms with E-state index >= 15 is 0 Å². The van der Waals surface area contributed by atoms with Crippen LogP contribution in [0.15, 0.2) is 36.0 Å². The molecule has 110 valence electrons. The van der Waals surface area contributed by atoms with Gasteiger partial charge in [0, 0.05) is 12.3 Å². The van der Waals surface area contributed by atoms with Crippen LogP contribution in [0.2, 0.25) is 0 Å². The minimum absolute atomic E-state index is 0.0959. The minimum atomic E-state index is -0.561. The highest BCUT2D eigenvalue weighted by molar-refractivity contribution is 6.04. The molecule has 0 aliphatic carbocycles. The Kier molecular flexibility index (Phi) is 4.37. The summed E-state index contributed by atoms with van der Waals surface area (Å²) in [6.45, 7) is 5.60. The van der Waals surface area contributed by atoms with Crippen molar-refractivity contribution in [2.24, 2.45) is 0 Å². The van der Waals surface area contributed by atoms with Gasteiger partial charge in [0.1, 0.15) is 5.65 Å². The van der Waals surface area contributed by atoms with Crippen LogP contribution in [-0.4, -0.2) is 27.9 Å². The molecular weight excluding hydrogens is 270 g/mol. The molecule has 21 heavy (non-hydrogen) atoms. The van der Waals surface area contributed by atoms with Gasteiger partial charge in [-0.15, -0.1) is 0 Å². The second-order valence-corrected chi connectivity index (χ2v) is 4.67. The highest BCUT2D eigenvalue weighted by atomic mass is 16.5. The van der Waals surface area contributed by atoms with Gasteiger partial charge in [-0.05, 0) is 32.9 Å². The lowest BCUT2D eigenvalue weighted by molar-refractivity contribution is -0.112. The zero-order valence-corrected chi connectivity index (χ0v) is 12.2. The van der Waals surface area contributed by atoms with Crippen molar-refractivity contribution >= 4 is 23.3 Å². The first-order valence-corrected chi connectivity index (χ1v) is 6.63. The lowest BCUT2D eigenvalue weighted by Gasteiger charge is -2.05. The molecule has 0 unspecified atom stereocenters. The van der Waals surface area contributed by atoms with Crippen molar-refractivity contribution in [3.63, 3.8) is 0 Å². The number of hydrogen-bond donors (Lipinski definition) is 1. The Morgan fingerprint density at radius 1 is 1.38 bits per heavy atom. The maximum Gasteiger partial charge on any atom is 0.360 e. The van der Waals surface area contributed by atoms with E-state index in [2.05, 4.69) is 10.3 Å². The first-order chi connectivity index (χ1) is 10.0. The molecule has 1 amide bonds. The first kappa shape index (κ1) is 14.8. The number of nitrogens with one attached hydrogen (secondary N) is 1. The van der Waals surface area contributed by atoms with E-state index in [4.69, 9.17) is 4.74 Å². The molecule has 0 bridgehead atoms. The number of rotatable bonds is 4. The molecule has 0 saturated heterocycles. The fourth-order valence-electron chi connectivity index (χ4n) is 1.87. The molecular formula is C15H17N3O3. The second-order valence-electron chi connectivity index (χ2n) is 4.67. The van der Waals surface area contributed by atoms with Crippen LogP contribution < -0.4 is 5.32 Å². The van der Waals surface area contributed by atoms with E-state index in [-0.39, 0.29) is 18.2 Å². The van der Waals surface area contributed by atoms with Crippen LogP contribution in [0.3, 0.4) is 0 Å². The van der Waals surface area contributed by atoms with E-state index in [1.807, 2.05) is 13.8 Å². The molecule has 0 radical (unpaired) electrons. The van der Waals surface area contributed by atoms with Gasteiger partial charge in [-0.2, -0.15) is 0 Å². The van der Waals surface area contributed by atoms with Crippen LogP contribution >= 0.6 is 0 Å². The van der Waals surface area contributed by atoms with E-state index in [9.17, 15) is 9.59 Å². The summed E-state index contributed by atoms with van der Waals surface area (Å²) in [6, 6.07) is 5.35. The van der Waals surface area contributed by atoms with Gasteiger partial charge in [-0.3, -0.25) is 9.20 Å². The maximum absolute atomic E-state index is 12.0. The minimum Gasteiger partial charge on any atom is -0.461 e. The summed E-state index contributed by atoms with van der Waals surface area (Å²) >= 11 is 0. The third-order valence-electron chi connectivity index (χ3n) is 2.66. The molecule has 2 rings (SSSR count). The van der Waals surface area contributed by atoms with Gasteiger partial charge in [-0.25, -0.2) is 9.78 Å². The van der Waals surface area contributed by atoms with Gasteiger partial charge in [0.15, 0.2) is 11.5 Å². The molecule has 0 aliphatic heterocycles. The van der Waals surface area contributed by atoms with Crippen molar-refractivity contribution in [3.05, 3.63) is 41.7 Å². The van der Waals surface area contributed by atoms with Crippen LogP contribution in [0.1, 0.15) is 31.3 Å². The number of aromatic nitrogens is 2. The predicted molar refractivity (Wildman–Crippen MR) is 79.2 cm³/mol. The number of nitrogens with zero attached hydrogens (tertiary/aromatic N) is 2. The number of allylic oxidation sites excluding steroid dienone is 1. The van der Waals surface area contributed by atoms with Crippen molar-refractivity contribution < 1.29 is 14.3 Å². The molecule has 0 aliphatic rings. The van der Waals surface area contributed by atoms with Crippen molar-refractivity contribution in [2.45, 2.75) is 20.8 Å². The summed E-state index contributed by atoms with van der Waals surface area (Å²) in [4.78, 5) is 28.1. The van der Waals surface area contributed by atoms with Crippen molar-refractivity contribution in [1.29, 1.82) is 0 Å². The van der Waals surface area contributed by atoms with Crippen LogP contribution in [0.4, 0.5) is 5.82 Å². The average Bonchev–Trinajstić information content (AvgIpc) is 2.77. The van der Waals surface area contributed by atoms with Crippen LogP contribution in [0.25, 0.3) is 5.65 Å². The second kappa shape index (κ2) is 6.21. The molecule has 6 heteroatoms. The van der Waals surface area contributed by atoms with E-state index < -0.39 is 5.97 Å². The summed E-state index contributed by atoms with van der Waals surface area (Å²) in [6.07, 6.45) is 3.18. The number of pyridine rings is 1. The molecule has 0 fully saturated rings. The molecule has 0 saturated carbocycles. The first-order valence-electron chi connectivity index (χ1n) is 6.63. The van der Waals surface area contributed by atoms with Gasteiger partial charge in [-0.1, -0.05) is 11.6 Å². The number of carbonyl (C=O) groups is 2. The zero-order chi connectivity index (χ0) is 15.4. The summed E-state index contributed by atoms with van der Waals surface area (Å²) in [5.74, 6) is -0.563. The number of fused-ring (bicyclic) bond motifs is 1. The number of hydrogen-bond acceptors (Lipinski definition) is 4. The molecule has 2 aromatic heterocycles. The van der Waals surface area contributed by atoms with Crippen molar-refractivity contribution in [1.82, 2.24) is 9.38 Å². The number of carbonyl (C=O) groups excluding carboxylic acids is 2. The van der Waals surface area contributed by atoms with Crippen molar-refractivity contribution in [2.75, 3.05) is 11.9 Å². The smallest absolute Gasteiger partial charge is 0.360 e. The van der Waals surface area contributed by atoms with Gasteiger partial charge < -0.3 is 10.1 Å². The maximum atomic E-state index is 12.0. The van der Waals surface area contributed by atoms with Gasteiger partial charge >= 0.3 is 5.97 Å². The Bertz CT molecular complexity index is 712. The number of amides is 1. The largest absolute Gasteiger partial charge is 0.461 e.